The van der Waals surface area contributed by atoms with Crippen LogP contribution in [-0.4, -0.2) is 19.4 Å². The molecule has 3 heteroatoms. The van der Waals surface area contributed by atoms with Gasteiger partial charge < -0.3 is 9.47 Å². The third kappa shape index (κ3) is 4.77. The molecule has 0 aliphatic rings. The molecule has 0 bridgehead atoms. The number of rotatable bonds is 5. The summed E-state index contributed by atoms with van der Waals surface area (Å²) in [6.45, 7) is 5.62. The van der Waals surface area contributed by atoms with Crippen LogP contribution in [0, 0.1) is 0 Å². The predicted molar refractivity (Wildman–Crippen MR) is 47.0 cm³/mol. The molecule has 0 saturated carbocycles. The number of hydrogen-bond acceptors (Lipinski definition) is 3. The maximum atomic E-state index is 10.7. The van der Waals surface area contributed by atoms with Crippen LogP contribution in [0.2, 0.25) is 0 Å². The highest BCUT2D eigenvalue weighted by atomic mass is 16.7. The van der Waals surface area contributed by atoms with E-state index < -0.39 is 6.16 Å². The first-order valence-corrected chi connectivity index (χ1v) is 4.10. The SMILES string of the molecule is C=CCC(CCC)OC(=O)OC. The Kier molecular flexibility index (Phi) is 6.15. The molecule has 0 rings (SSSR count). The van der Waals surface area contributed by atoms with Crippen LogP contribution in [0.25, 0.3) is 0 Å². The summed E-state index contributed by atoms with van der Waals surface area (Å²) in [6.07, 6.45) is 3.55. The predicted octanol–water partition coefficient (Wildman–Crippen LogP) is 2.51. The van der Waals surface area contributed by atoms with Crippen molar-refractivity contribution < 1.29 is 14.3 Å². The first-order valence-electron chi connectivity index (χ1n) is 4.10. The second-order valence-electron chi connectivity index (χ2n) is 2.51. The highest BCUT2D eigenvalue weighted by Gasteiger charge is 2.11. The van der Waals surface area contributed by atoms with E-state index in [2.05, 4.69) is 11.3 Å². The molecule has 70 valence electrons. The Morgan fingerprint density at radius 3 is 2.75 bits per heavy atom. The topological polar surface area (TPSA) is 35.5 Å². The van der Waals surface area contributed by atoms with E-state index in [9.17, 15) is 4.79 Å². The van der Waals surface area contributed by atoms with E-state index in [1.807, 2.05) is 6.92 Å². The summed E-state index contributed by atoms with van der Waals surface area (Å²) in [7, 11) is 1.30. The van der Waals surface area contributed by atoms with E-state index in [4.69, 9.17) is 4.74 Å². The largest absolute Gasteiger partial charge is 0.508 e. The Labute approximate surface area is 73.4 Å². The number of hydrogen-bond donors (Lipinski definition) is 0. The van der Waals surface area contributed by atoms with Crippen molar-refractivity contribution >= 4 is 6.16 Å². The van der Waals surface area contributed by atoms with Gasteiger partial charge in [0.05, 0.1) is 7.11 Å². The molecule has 3 nitrogen and oxygen atoms in total. The molecule has 0 amide bonds. The number of carbonyl (C=O) groups is 1. The fourth-order valence-corrected chi connectivity index (χ4v) is 0.917. The fraction of sp³-hybridized carbons (Fsp3) is 0.667. The zero-order valence-corrected chi connectivity index (χ0v) is 7.71. The molecular weight excluding hydrogens is 156 g/mol. The Balaban J connectivity index is 3.76. The van der Waals surface area contributed by atoms with Crippen LogP contribution >= 0.6 is 0 Å². The van der Waals surface area contributed by atoms with Crippen LogP contribution in [0.1, 0.15) is 26.2 Å². The zero-order valence-electron chi connectivity index (χ0n) is 7.71. The normalized spacial score (nSPS) is 11.8. The van der Waals surface area contributed by atoms with E-state index in [1.54, 1.807) is 6.08 Å². The maximum absolute atomic E-state index is 10.7. The highest BCUT2D eigenvalue weighted by Crippen LogP contribution is 2.08. The highest BCUT2D eigenvalue weighted by molar-refractivity contribution is 5.59. The van der Waals surface area contributed by atoms with Gasteiger partial charge in [-0.1, -0.05) is 19.4 Å². The van der Waals surface area contributed by atoms with Crippen molar-refractivity contribution in [1.29, 1.82) is 0 Å². The van der Waals surface area contributed by atoms with Crippen molar-refractivity contribution in [3.8, 4) is 0 Å². The Hall–Kier alpha value is -0.990. The lowest BCUT2D eigenvalue weighted by Gasteiger charge is -2.13. The molecule has 0 aromatic heterocycles. The second-order valence-corrected chi connectivity index (χ2v) is 2.51. The van der Waals surface area contributed by atoms with Gasteiger partial charge in [-0.05, 0) is 6.42 Å². The molecular formula is C9H16O3. The molecule has 0 aliphatic carbocycles. The summed E-state index contributed by atoms with van der Waals surface area (Å²) in [4.78, 5) is 10.7. The average Bonchev–Trinajstić information content (AvgIpc) is 2.05. The van der Waals surface area contributed by atoms with Gasteiger partial charge in [-0.25, -0.2) is 4.79 Å². The van der Waals surface area contributed by atoms with Crippen LogP contribution in [-0.2, 0) is 9.47 Å². The van der Waals surface area contributed by atoms with Crippen LogP contribution in [0.15, 0.2) is 12.7 Å². The van der Waals surface area contributed by atoms with Crippen LogP contribution < -0.4 is 0 Å². The molecule has 0 aromatic rings. The van der Waals surface area contributed by atoms with Crippen LogP contribution in [0.3, 0.4) is 0 Å². The van der Waals surface area contributed by atoms with Gasteiger partial charge in [-0.2, -0.15) is 0 Å². The van der Waals surface area contributed by atoms with Gasteiger partial charge in [0.1, 0.15) is 6.10 Å². The first-order chi connectivity index (χ1) is 5.74. The minimum Gasteiger partial charge on any atom is -0.438 e. The van der Waals surface area contributed by atoms with Gasteiger partial charge in [0.15, 0.2) is 0 Å². The van der Waals surface area contributed by atoms with Gasteiger partial charge in [0.25, 0.3) is 0 Å². The first kappa shape index (κ1) is 11.0. The van der Waals surface area contributed by atoms with E-state index in [1.165, 1.54) is 7.11 Å². The number of methoxy groups -OCH3 is 1. The lowest BCUT2D eigenvalue weighted by molar-refractivity contribution is 0.0347. The fourth-order valence-electron chi connectivity index (χ4n) is 0.917. The molecule has 12 heavy (non-hydrogen) atoms. The van der Waals surface area contributed by atoms with E-state index in [0.717, 1.165) is 12.8 Å². The minimum absolute atomic E-state index is 0.0834. The van der Waals surface area contributed by atoms with Crippen molar-refractivity contribution in [1.82, 2.24) is 0 Å². The molecule has 0 spiro atoms. The molecule has 0 N–H and O–H groups in total. The molecule has 1 unspecified atom stereocenters. The molecule has 0 aromatic carbocycles. The summed E-state index contributed by atoms with van der Waals surface area (Å²) in [6, 6.07) is 0. The van der Waals surface area contributed by atoms with Crippen molar-refractivity contribution in [3.63, 3.8) is 0 Å². The van der Waals surface area contributed by atoms with Gasteiger partial charge in [0.2, 0.25) is 0 Å². The molecule has 1 atom stereocenters. The molecule has 0 aliphatic heterocycles. The van der Waals surface area contributed by atoms with Gasteiger partial charge in [-0.15, -0.1) is 6.58 Å². The molecule has 0 saturated heterocycles. The Bertz CT molecular complexity index is 143. The van der Waals surface area contributed by atoms with Crippen LogP contribution in [0.4, 0.5) is 4.79 Å². The summed E-state index contributed by atoms with van der Waals surface area (Å²) < 4.78 is 9.33. The smallest absolute Gasteiger partial charge is 0.438 e. The number of carbonyl (C=O) groups excluding carboxylic acids is 1. The quantitative estimate of drug-likeness (QED) is 0.472. The lowest BCUT2D eigenvalue weighted by Crippen LogP contribution is -2.17. The molecule has 0 heterocycles. The number of ether oxygens (including phenoxy) is 2. The summed E-state index contributed by atoms with van der Waals surface area (Å²) >= 11 is 0. The van der Waals surface area contributed by atoms with Gasteiger partial charge >= 0.3 is 6.16 Å². The van der Waals surface area contributed by atoms with Crippen LogP contribution in [0.5, 0.6) is 0 Å². The van der Waals surface area contributed by atoms with Crippen molar-refractivity contribution in [2.24, 2.45) is 0 Å². The maximum Gasteiger partial charge on any atom is 0.508 e. The summed E-state index contributed by atoms with van der Waals surface area (Å²) in [5.41, 5.74) is 0. The standard InChI is InChI=1S/C9H16O3/c1-4-6-8(7-5-2)12-9(10)11-3/h4,8H,1,5-7H2,2-3H3. The van der Waals surface area contributed by atoms with Gasteiger partial charge in [-0.3, -0.25) is 0 Å². The third-order valence-electron chi connectivity index (χ3n) is 1.47. The van der Waals surface area contributed by atoms with E-state index >= 15 is 0 Å². The summed E-state index contributed by atoms with van der Waals surface area (Å²) in [5.74, 6) is 0. The monoisotopic (exact) mass is 172 g/mol. The Morgan fingerprint density at radius 1 is 1.67 bits per heavy atom. The lowest BCUT2D eigenvalue weighted by atomic mass is 10.1. The Morgan fingerprint density at radius 2 is 2.33 bits per heavy atom. The van der Waals surface area contributed by atoms with E-state index in [-0.39, 0.29) is 6.10 Å². The average molecular weight is 172 g/mol. The van der Waals surface area contributed by atoms with Crippen molar-refractivity contribution in [3.05, 3.63) is 12.7 Å². The van der Waals surface area contributed by atoms with Crippen molar-refractivity contribution in [2.75, 3.05) is 7.11 Å². The molecule has 0 radical (unpaired) electrons. The molecule has 0 fully saturated rings. The van der Waals surface area contributed by atoms with Gasteiger partial charge in [0, 0.05) is 6.42 Å². The second kappa shape index (κ2) is 6.70. The van der Waals surface area contributed by atoms with E-state index in [0.29, 0.717) is 6.42 Å². The summed E-state index contributed by atoms with van der Waals surface area (Å²) in [5, 5.41) is 0. The minimum atomic E-state index is -0.615. The third-order valence-corrected chi connectivity index (χ3v) is 1.47. The van der Waals surface area contributed by atoms with Crippen molar-refractivity contribution in [2.45, 2.75) is 32.3 Å². The zero-order chi connectivity index (χ0) is 9.40.